The van der Waals surface area contributed by atoms with E-state index >= 15 is 0 Å². The fraction of sp³-hybridized carbons (Fsp3) is 0.250. The van der Waals surface area contributed by atoms with Crippen LogP contribution in [0.1, 0.15) is 25.3 Å². The van der Waals surface area contributed by atoms with E-state index in [1.54, 1.807) is 13.0 Å². The van der Waals surface area contributed by atoms with Crippen LogP contribution in [-0.2, 0) is 4.79 Å². The van der Waals surface area contributed by atoms with Crippen LogP contribution in [0.25, 0.3) is 0 Å². The number of benzene rings is 1. The van der Waals surface area contributed by atoms with E-state index in [9.17, 15) is 4.79 Å². The van der Waals surface area contributed by atoms with Crippen molar-refractivity contribution in [3.63, 3.8) is 0 Å². The highest BCUT2D eigenvalue weighted by atomic mass is 35.5. The normalized spacial score (nSPS) is 13.1. The first-order chi connectivity index (χ1) is 6.59. The van der Waals surface area contributed by atoms with Crippen molar-refractivity contribution in [2.75, 3.05) is 0 Å². The predicted molar refractivity (Wildman–Crippen MR) is 59.7 cm³/mol. The highest BCUT2D eigenvalue weighted by Crippen LogP contribution is 2.18. The molecule has 1 unspecified atom stereocenters. The third kappa shape index (κ3) is 3.35. The van der Waals surface area contributed by atoms with Gasteiger partial charge in [0.05, 0.1) is 0 Å². The molecule has 1 aromatic rings. The van der Waals surface area contributed by atoms with Gasteiger partial charge < -0.3 is 0 Å². The number of carbonyl (C=O) groups excluding carboxylic acids is 1. The summed E-state index contributed by atoms with van der Waals surface area (Å²) >= 11 is 5.77. The monoisotopic (exact) mass is 208 g/mol. The summed E-state index contributed by atoms with van der Waals surface area (Å²) in [5.74, 6) is 0.321. The predicted octanol–water partition coefficient (Wildman–Crippen LogP) is 3.59. The summed E-state index contributed by atoms with van der Waals surface area (Å²) in [5, 5.41) is 0.733. The summed E-state index contributed by atoms with van der Waals surface area (Å²) < 4.78 is 0. The van der Waals surface area contributed by atoms with E-state index < -0.39 is 0 Å². The Kier molecular flexibility index (Phi) is 3.90. The van der Waals surface area contributed by atoms with Crippen molar-refractivity contribution in [3.8, 4) is 0 Å². The zero-order valence-corrected chi connectivity index (χ0v) is 9.08. The number of ketones is 1. The second-order valence-corrected chi connectivity index (χ2v) is 3.75. The highest BCUT2D eigenvalue weighted by molar-refractivity contribution is 6.30. The Bertz CT molecular complexity index is 338. The molecule has 0 N–H and O–H groups in total. The van der Waals surface area contributed by atoms with E-state index in [1.807, 2.05) is 37.3 Å². The molecule has 0 heterocycles. The van der Waals surface area contributed by atoms with Gasteiger partial charge >= 0.3 is 0 Å². The Morgan fingerprint density at radius 2 is 1.93 bits per heavy atom. The van der Waals surface area contributed by atoms with Crippen molar-refractivity contribution < 1.29 is 4.79 Å². The van der Waals surface area contributed by atoms with Gasteiger partial charge in [0.1, 0.15) is 0 Å². The Balaban J connectivity index is 2.74. The molecule has 74 valence electrons. The number of carbonyl (C=O) groups is 1. The molecule has 1 aromatic carbocycles. The van der Waals surface area contributed by atoms with Gasteiger partial charge in [-0.15, -0.1) is 0 Å². The van der Waals surface area contributed by atoms with Crippen LogP contribution in [0.3, 0.4) is 0 Å². The van der Waals surface area contributed by atoms with E-state index in [-0.39, 0.29) is 11.7 Å². The minimum absolute atomic E-state index is 0.0748. The van der Waals surface area contributed by atoms with E-state index in [4.69, 9.17) is 11.6 Å². The Morgan fingerprint density at radius 3 is 2.43 bits per heavy atom. The van der Waals surface area contributed by atoms with Gasteiger partial charge in [0.25, 0.3) is 0 Å². The summed E-state index contributed by atoms with van der Waals surface area (Å²) in [6, 6.07) is 7.65. The van der Waals surface area contributed by atoms with Gasteiger partial charge in [-0.2, -0.15) is 0 Å². The maximum absolute atomic E-state index is 10.7. The van der Waals surface area contributed by atoms with E-state index in [0.717, 1.165) is 10.6 Å². The van der Waals surface area contributed by atoms with Crippen molar-refractivity contribution >= 4 is 17.4 Å². The third-order valence-electron chi connectivity index (χ3n) is 2.02. The molecule has 0 fully saturated rings. The first-order valence-corrected chi connectivity index (χ1v) is 4.91. The largest absolute Gasteiger partial charge is 0.295 e. The molecule has 0 aromatic heterocycles. The average Bonchev–Trinajstić information content (AvgIpc) is 2.15. The van der Waals surface area contributed by atoms with Crippen molar-refractivity contribution in [3.05, 3.63) is 47.0 Å². The molecular formula is C12H13ClO. The molecule has 0 aliphatic rings. The number of rotatable bonds is 3. The lowest BCUT2D eigenvalue weighted by Gasteiger charge is -2.05. The molecule has 1 nitrogen and oxygen atoms in total. The van der Waals surface area contributed by atoms with Gasteiger partial charge in [-0.05, 0) is 36.6 Å². The molecule has 0 bridgehead atoms. The minimum atomic E-state index is 0.0748. The molecule has 0 radical (unpaired) electrons. The minimum Gasteiger partial charge on any atom is -0.295 e. The van der Waals surface area contributed by atoms with E-state index in [1.165, 1.54) is 0 Å². The standard InChI is InChI=1S/C12H13ClO/c1-9(3-4-10(2)14)11-5-7-12(13)8-6-11/h3-9H,1-2H3. The summed E-state index contributed by atoms with van der Waals surface area (Å²) in [6.45, 7) is 3.59. The summed E-state index contributed by atoms with van der Waals surface area (Å²) in [5.41, 5.74) is 1.16. The number of halogens is 1. The summed E-state index contributed by atoms with van der Waals surface area (Å²) in [7, 11) is 0. The molecule has 0 spiro atoms. The second-order valence-electron chi connectivity index (χ2n) is 3.31. The molecule has 0 aliphatic heterocycles. The molecule has 1 atom stereocenters. The fourth-order valence-corrected chi connectivity index (χ4v) is 1.28. The van der Waals surface area contributed by atoms with Gasteiger partial charge in [0.15, 0.2) is 5.78 Å². The zero-order valence-electron chi connectivity index (χ0n) is 8.33. The van der Waals surface area contributed by atoms with Crippen LogP contribution >= 0.6 is 11.6 Å². The Hall–Kier alpha value is -1.08. The lowest BCUT2D eigenvalue weighted by molar-refractivity contribution is -0.112. The SMILES string of the molecule is CC(=O)C=CC(C)c1ccc(Cl)cc1. The van der Waals surface area contributed by atoms with Gasteiger partial charge in [-0.3, -0.25) is 4.79 Å². The van der Waals surface area contributed by atoms with Crippen LogP contribution < -0.4 is 0 Å². The van der Waals surface area contributed by atoms with Gasteiger partial charge in [0.2, 0.25) is 0 Å². The van der Waals surface area contributed by atoms with Crippen molar-refractivity contribution in [1.82, 2.24) is 0 Å². The second kappa shape index (κ2) is 4.97. The topological polar surface area (TPSA) is 17.1 Å². The summed E-state index contributed by atoms with van der Waals surface area (Å²) in [6.07, 6.45) is 3.49. The van der Waals surface area contributed by atoms with Crippen LogP contribution in [0, 0.1) is 0 Å². The molecular weight excluding hydrogens is 196 g/mol. The van der Waals surface area contributed by atoms with Crippen LogP contribution in [0.4, 0.5) is 0 Å². The molecule has 2 heteroatoms. The first kappa shape index (κ1) is 11.0. The maximum Gasteiger partial charge on any atom is 0.152 e. The lowest BCUT2D eigenvalue weighted by atomic mass is 10.0. The van der Waals surface area contributed by atoms with Crippen LogP contribution in [0.2, 0.25) is 5.02 Å². The Labute approximate surface area is 89.4 Å². The number of hydrogen-bond acceptors (Lipinski definition) is 1. The van der Waals surface area contributed by atoms with Gasteiger partial charge in [0, 0.05) is 5.02 Å². The van der Waals surface area contributed by atoms with Gasteiger partial charge in [-0.25, -0.2) is 0 Å². The molecule has 1 rings (SSSR count). The van der Waals surface area contributed by atoms with Crippen molar-refractivity contribution in [2.24, 2.45) is 0 Å². The smallest absolute Gasteiger partial charge is 0.152 e. The van der Waals surface area contributed by atoms with Crippen LogP contribution in [-0.4, -0.2) is 5.78 Å². The van der Waals surface area contributed by atoms with Crippen molar-refractivity contribution in [2.45, 2.75) is 19.8 Å². The molecule has 0 saturated carbocycles. The molecule has 14 heavy (non-hydrogen) atoms. The lowest BCUT2D eigenvalue weighted by Crippen LogP contribution is -1.90. The van der Waals surface area contributed by atoms with Crippen molar-refractivity contribution in [1.29, 1.82) is 0 Å². The Morgan fingerprint density at radius 1 is 1.36 bits per heavy atom. The van der Waals surface area contributed by atoms with E-state index in [0.29, 0.717) is 0 Å². The fourth-order valence-electron chi connectivity index (χ4n) is 1.16. The quantitative estimate of drug-likeness (QED) is 0.694. The molecule has 0 aliphatic carbocycles. The zero-order chi connectivity index (χ0) is 10.6. The molecule has 0 saturated heterocycles. The molecule has 0 amide bonds. The number of allylic oxidation sites excluding steroid dienone is 2. The van der Waals surface area contributed by atoms with Crippen LogP contribution in [0.5, 0.6) is 0 Å². The third-order valence-corrected chi connectivity index (χ3v) is 2.27. The first-order valence-electron chi connectivity index (χ1n) is 4.54. The highest BCUT2D eigenvalue weighted by Gasteiger charge is 2.00. The number of hydrogen-bond donors (Lipinski definition) is 0. The summed E-state index contributed by atoms with van der Waals surface area (Å²) in [4.78, 5) is 10.7. The maximum atomic E-state index is 10.7. The van der Waals surface area contributed by atoms with Gasteiger partial charge in [-0.1, -0.05) is 36.7 Å². The average molecular weight is 209 g/mol. The van der Waals surface area contributed by atoms with Crippen LogP contribution in [0.15, 0.2) is 36.4 Å². The van der Waals surface area contributed by atoms with E-state index in [2.05, 4.69) is 0 Å².